The van der Waals surface area contributed by atoms with Gasteiger partial charge in [-0.1, -0.05) is 18.2 Å². The number of hydrogen-bond donors (Lipinski definition) is 1. The van der Waals surface area contributed by atoms with Gasteiger partial charge in [0.2, 0.25) is 0 Å². The van der Waals surface area contributed by atoms with Crippen LogP contribution in [0.3, 0.4) is 0 Å². The van der Waals surface area contributed by atoms with E-state index in [1.165, 1.54) is 12.1 Å². The summed E-state index contributed by atoms with van der Waals surface area (Å²) in [7, 11) is 0. The van der Waals surface area contributed by atoms with Gasteiger partial charge in [0, 0.05) is 0 Å². The Morgan fingerprint density at radius 1 is 1.33 bits per heavy atom. The fourth-order valence-corrected chi connectivity index (χ4v) is 0.747. The maximum Gasteiger partial charge on any atom is 0.339 e. The molecule has 12 heavy (non-hydrogen) atoms. The number of aliphatic hydroxyl groups excluding tert-OH is 1. The average molecular weight is 179 g/mol. The van der Waals surface area contributed by atoms with E-state index in [1.807, 2.05) is 0 Å². The highest BCUT2D eigenvalue weighted by Crippen LogP contribution is 2.11. The van der Waals surface area contributed by atoms with Gasteiger partial charge in [-0.05, 0) is 12.1 Å². The molecule has 4 nitrogen and oxygen atoms in total. The molecule has 0 amide bonds. The van der Waals surface area contributed by atoms with Crippen LogP contribution in [0.2, 0.25) is 0 Å². The molecular weight excluding hydrogens is 170 g/mol. The molecule has 0 aliphatic heterocycles. The second-order valence-corrected chi connectivity index (χ2v) is 2.07. The molecule has 1 N–H and O–H groups in total. The molecule has 62 valence electrons. The predicted molar refractivity (Wildman–Crippen MR) is 46.9 cm³/mol. The molecule has 0 saturated carbocycles. The molecule has 1 unspecified atom stereocenters. The summed E-state index contributed by atoms with van der Waals surface area (Å²) < 4.78 is 0. The van der Waals surface area contributed by atoms with E-state index in [2.05, 4.69) is 0 Å². The van der Waals surface area contributed by atoms with E-state index in [4.69, 9.17) is 5.11 Å². The Bertz CT molecular complexity index is 252. The Morgan fingerprint density at radius 2 is 1.83 bits per heavy atom. The predicted octanol–water partition coefficient (Wildman–Crippen LogP) is 0.0380. The fourth-order valence-electron chi connectivity index (χ4n) is 0.747. The third kappa shape index (κ3) is 2.76. The lowest BCUT2D eigenvalue weighted by atomic mass is 10.2. The molecule has 1 aromatic carbocycles. The highest BCUT2D eigenvalue weighted by Gasteiger charge is 2.16. The van der Waals surface area contributed by atoms with Crippen LogP contribution in [-0.4, -0.2) is 33.1 Å². The summed E-state index contributed by atoms with van der Waals surface area (Å²) in [5.41, 5.74) is 0.303. The van der Waals surface area contributed by atoms with Crippen molar-refractivity contribution < 1.29 is 10.0 Å². The highest BCUT2D eigenvalue weighted by atomic mass is 24.3. The van der Waals surface area contributed by atoms with Gasteiger partial charge in [0.15, 0.2) is 0 Å². The van der Waals surface area contributed by atoms with Gasteiger partial charge in [-0.2, -0.15) is 0 Å². The minimum Gasteiger partial charge on any atom is -0.329 e. The van der Waals surface area contributed by atoms with Gasteiger partial charge in [-0.15, -0.1) is 0 Å². The van der Waals surface area contributed by atoms with Crippen molar-refractivity contribution in [2.45, 2.75) is 6.23 Å². The van der Waals surface area contributed by atoms with Crippen molar-refractivity contribution in [1.29, 1.82) is 0 Å². The van der Waals surface area contributed by atoms with E-state index >= 15 is 0 Å². The van der Waals surface area contributed by atoms with Crippen molar-refractivity contribution in [3.05, 3.63) is 46.0 Å². The standard InChI is InChI=1S/C7H7NO3.Mg.2H/c9-7(8(10)11)6-4-2-1-3-5-6;;;/h1-5,7,9H;;;. The molecule has 0 saturated heterocycles. The zero-order valence-electron chi connectivity index (χ0n) is 5.68. The van der Waals surface area contributed by atoms with Gasteiger partial charge in [0.25, 0.3) is 0 Å². The third-order valence-electron chi connectivity index (χ3n) is 1.30. The van der Waals surface area contributed by atoms with E-state index in [9.17, 15) is 10.1 Å². The monoisotopic (exact) mass is 179 g/mol. The van der Waals surface area contributed by atoms with Gasteiger partial charge in [-0.3, -0.25) is 10.1 Å². The van der Waals surface area contributed by atoms with Crippen LogP contribution in [0.1, 0.15) is 11.8 Å². The largest absolute Gasteiger partial charge is 0.339 e. The van der Waals surface area contributed by atoms with Crippen molar-refractivity contribution in [2.24, 2.45) is 0 Å². The van der Waals surface area contributed by atoms with E-state index in [0.717, 1.165) is 0 Å². The Hall–Kier alpha value is -0.654. The first-order valence-electron chi connectivity index (χ1n) is 3.08. The molecule has 0 fully saturated rings. The van der Waals surface area contributed by atoms with Gasteiger partial charge >= 0.3 is 29.3 Å². The van der Waals surface area contributed by atoms with Crippen molar-refractivity contribution in [3.8, 4) is 0 Å². The molecule has 0 spiro atoms. The summed E-state index contributed by atoms with van der Waals surface area (Å²) in [5.74, 6) is 0. The normalized spacial score (nSPS) is 11.4. The number of nitro groups is 1. The summed E-state index contributed by atoms with van der Waals surface area (Å²) in [6, 6.07) is 8.03. The smallest absolute Gasteiger partial charge is 0.329 e. The number of nitrogens with zero attached hydrogens (tertiary/aromatic N) is 1. The van der Waals surface area contributed by atoms with Crippen LogP contribution in [0.4, 0.5) is 0 Å². The first-order valence-corrected chi connectivity index (χ1v) is 3.08. The summed E-state index contributed by atoms with van der Waals surface area (Å²) in [4.78, 5) is 9.31. The molecular formula is C7H9MgNO3. The third-order valence-corrected chi connectivity index (χ3v) is 1.30. The molecule has 0 heterocycles. The molecule has 0 aromatic heterocycles. The first-order chi connectivity index (χ1) is 5.22. The maximum absolute atomic E-state index is 10.1. The van der Waals surface area contributed by atoms with Crippen LogP contribution in [-0.2, 0) is 0 Å². The quantitative estimate of drug-likeness (QED) is 0.302. The molecule has 1 atom stereocenters. The van der Waals surface area contributed by atoms with Gasteiger partial charge in [0.1, 0.15) is 0 Å². The Balaban J connectivity index is 0.00000121. The molecule has 0 bridgehead atoms. The average Bonchev–Trinajstić information content (AvgIpc) is 2.05. The topological polar surface area (TPSA) is 63.4 Å². The molecule has 0 aliphatic rings. The Kier molecular flexibility index (Phi) is 4.80. The zero-order valence-corrected chi connectivity index (χ0v) is 5.68. The summed E-state index contributed by atoms with van der Waals surface area (Å²) >= 11 is 0. The summed E-state index contributed by atoms with van der Waals surface area (Å²) in [6.07, 6.45) is -1.60. The van der Waals surface area contributed by atoms with Crippen LogP contribution >= 0.6 is 0 Å². The number of aliphatic hydroxyl groups is 1. The van der Waals surface area contributed by atoms with Crippen molar-refractivity contribution >= 4 is 23.1 Å². The Labute approximate surface area is 85.5 Å². The zero-order chi connectivity index (χ0) is 8.27. The summed E-state index contributed by atoms with van der Waals surface area (Å²) in [6.45, 7) is 0. The van der Waals surface area contributed by atoms with E-state index in [-0.39, 0.29) is 23.1 Å². The fraction of sp³-hybridized carbons (Fsp3) is 0.143. The molecule has 1 aromatic rings. The van der Waals surface area contributed by atoms with Gasteiger partial charge in [-0.25, -0.2) is 0 Å². The van der Waals surface area contributed by atoms with Gasteiger partial charge in [0.05, 0.1) is 10.5 Å². The number of benzene rings is 1. The maximum atomic E-state index is 10.1. The van der Waals surface area contributed by atoms with Crippen LogP contribution in [0, 0.1) is 10.1 Å². The SMILES string of the molecule is O=[N+]([O-])C(O)c1ccccc1.[MgH2]. The molecule has 0 radical (unpaired) electrons. The van der Waals surface area contributed by atoms with Crippen molar-refractivity contribution in [2.75, 3.05) is 0 Å². The lowest BCUT2D eigenvalue weighted by Gasteiger charge is -2.00. The van der Waals surface area contributed by atoms with Crippen LogP contribution in [0.15, 0.2) is 30.3 Å². The van der Waals surface area contributed by atoms with Gasteiger partial charge < -0.3 is 5.11 Å². The van der Waals surface area contributed by atoms with Crippen LogP contribution < -0.4 is 0 Å². The molecule has 1 rings (SSSR count). The van der Waals surface area contributed by atoms with Crippen molar-refractivity contribution in [1.82, 2.24) is 0 Å². The lowest BCUT2D eigenvalue weighted by molar-refractivity contribution is -0.578. The van der Waals surface area contributed by atoms with E-state index in [1.54, 1.807) is 18.2 Å². The van der Waals surface area contributed by atoms with Crippen molar-refractivity contribution in [3.63, 3.8) is 0 Å². The minimum atomic E-state index is -1.60. The number of rotatable bonds is 2. The molecule has 5 heteroatoms. The second kappa shape index (κ2) is 5.07. The molecule has 0 aliphatic carbocycles. The number of hydrogen-bond acceptors (Lipinski definition) is 3. The van der Waals surface area contributed by atoms with Crippen LogP contribution in [0.25, 0.3) is 0 Å². The lowest BCUT2D eigenvalue weighted by Crippen LogP contribution is -2.08. The van der Waals surface area contributed by atoms with E-state index in [0.29, 0.717) is 5.56 Å². The van der Waals surface area contributed by atoms with E-state index < -0.39 is 11.2 Å². The Morgan fingerprint density at radius 3 is 2.25 bits per heavy atom. The highest BCUT2D eigenvalue weighted by molar-refractivity contribution is 5.75. The second-order valence-electron chi connectivity index (χ2n) is 2.07. The summed E-state index contributed by atoms with van der Waals surface area (Å²) in [5, 5.41) is 19.0. The first kappa shape index (κ1) is 11.3. The minimum absolute atomic E-state index is 0. The van der Waals surface area contributed by atoms with Crippen LogP contribution in [0.5, 0.6) is 0 Å².